The maximum Gasteiger partial charge on any atom is 0.164 e. The number of hydrogen-bond acceptors (Lipinski definition) is 8. The first-order valence-electron chi connectivity index (χ1n) is 41.6. The molecule has 8 heteroatoms. The summed E-state index contributed by atoms with van der Waals surface area (Å²) in [6, 6.07) is 146. The van der Waals surface area contributed by atoms with E-state index < -0.39 is 10.8 Å². The van der Waals surface area contributed by atoms with Crippen molar-refractivity contribution in [2.24, 2.45) is 0 Å². The molecule has 5 aliphatic rings. The number of para-hydroxylation sites is 5. The minimum Gasteiger partial charge on any atom is -0.310 e. The van der Waals surface area contributed by atoms with Crippen molar-refractivity contribution >= 4 is 66.4 Å². The van der Waals surface area contributed by atoms with E-state index in [4.69, 9.17) is 29.9 Å². The van der Waals surface area contributed by atoms with E-state index in [1.807, 2.05) is 24.3 Å². The minimum absolute atomic E-state index is 0.189. The SMILES string of the molecule is CC1(C)c2ccccc2-c2ccc(-c3nc(-c4ccccc4)nc(-c4ccc5c(c4)-c4ccccc4C54c5ccccc5N(c5ccc(-c6cccc7c8ccc(-c9nc(-c%10ccccc%10)nc(-c%10ccc%11c(c%10)C%10(c%12ccccc%12-%11)c%11ccccc%11N(c%11ccccc%11)c%11ccccc%11%10)n9)cc8c8ccccc8c67)cc5)c5ccccc54)n3)cc21. The van der Waals surface area contributed by atoms with E-state index in [-0.39, 0.29) is 5.41 Å². The Kier molecular flexibility index (Phi) is 14.8. The average molecular weight is 1540 g/mol. The first-order valence-corrected chi connectivity index (χ1v) is 41.6. The van der Waals surface area contributed by atoms with Crippen LogP contribution in [0.3, 0.4) is 0 Å². The van der Waals surface area contributed by atoms with Gasteiger partial charge >= 0.3 is 0 Å². The highest BCUT2D eigenvalue weighted by Crippen LogP contribution is 2.66. The Bertz CT molecular complexity index is 7640. The van der Waals surface area contributed by atoms with Gasteiger partial charge in [-0.2, -0.15) is 0 Å². The van der Waals surface area contributed by atoms with E-state index in [1.54, 1.807) is 0 Å². The lowest BCUT2D eigenvalue weighted by Gasteiger charge is -2.45. The quantitative estimate of drug-likeness (QED) is 0.132. The molecule has 0 amide bonds. The zero-order valence-electron chi connectivity index (χ0n) is 66.2. The van der Waals surface area contributed by atoms with Gasteiger partial charge < -0.3 is 9.80 Å². The van der Waals surface area contributed by atoms with Crippen LogP contribution in [-0.4, -0.2) is 29.9 Å². The highest BCUT2D eigenvalue weighted by molar-refractivity contribution is 6.29. The Balaban J connectivity index is 0.581. The zero-order chi connectivity index (χ0) is 79.8. The summed E-state index contributed by atoms with van der Waals surface area (Å²) >= 11 is 0. The van der Waals surface area contributed by atoms with E-state index in [9.17, 15) is 0 Å². The number of anilines is 6. The molecule has 20 aromatic rings. The van der Waals surface area contributed by atoms with Gasteiger partial charge in [-0.3, -0.25) is 0 Å². The maximum atomic E-state index is 5.56. The molecule has 564 valence electrons. The number of rotatable bonds is 9. The molecule has 18 aromatic carbocycles. The second-order valence-electron chi connectivity index (χ2n) is 33.0. The van der Waals surface area contributed by atoms with Gasteiger partial charge in [0, 0.05) is 50.2 Å². The molecule has 0 unspecified atom stereocenters. The van der Waals surface area contributed by atoms with Crippen molar-refractivity contribution < 1.29 is 0 Å². The second kappa shape index (κ2) is 26.2. The molecular weight excluding hydrogens is 1470 g/mol. The lowest BCUT2D eigenvalue weighted by atomic mass is 9.64. The summed E-state index contributed by atoms with van der Waals surface area (Å²) in [7, 11) is 0. The molecule has 2 aliphatic heterocycles. The molecule has 0 atom stereocenters. The third-order valence-corrected chi connectivity index (χ3v) is 26.5. The van der Waals surface area contributed by atoms with Crippen molar-refractivity contribution in [3.05, 3.63) is 456 Å². The van der Waals surface area contributed by atoms with E-state index >= 15 is 0 Å². The predicted molar refractivity (Wildman–Crippen MR) is 492 cm³/mol. The van der Waals surface area contributed by atoms with Crippen molar-refractivity contribution in [1.82, 2.24) is 29.9 Å². The zero-order valence-corrected chi connectivity index (χ0v) is 66.2. The number of aromatic nitrogens is 6. The molecule has 3 aliphatic carbocycles. The topological polar surface area (TPSA) is 83.8 Å². The molecule has 0 bridgehead atoms. The van der Waals surface area contributed by atoms with Crippen LogP contribution in [0.4, 0.5) is 34.1 Å². The number of nitrogens with zero attached hydrogens (tertiary/aromatic N) is 8. The van der Waals surface area contributed by atoms with Crippen molar-refractivity contribution in [2.45, 2.75) is 30.1 Å². The number of hydrogen-bond donors (Lipinski definition) is 0. The molecule has 8 nitrogen and oxygen atoms in total. The van der Waals surface area contributed by atoms with Crippen LogP contribution >= 0.6 is 0 Å². The van der Waals surface area contributed by atoms with Gasteiger partial charge in [-0.15, -0.1) is 0 Å². The van der Waals surface area contributed by atoms with E-state index in [0.29, 0.717) is 34.9 Å². The molecule has 121 heavy (non-hydrogen) atoms. The third kappa shape index (κ3) is 9.90. The van der Waals surface area contributed by atoms with Gasteiger partial charge in [0.05, 0.1) is 33.6 Å². The summed E-state index contributed by atoms with van der Waals surface area (Å²) < 4.78 is 0. The van der Waals surface area contributed by atoms with Crippen molar-refractivity contribution in [1.29, 1.82) is 0 Å². The summed E-state index contributed by atoms with van der Waals surface area (Å²) in [5.74, 6) is 3.71. The Hall–Kier alpha value is -15.6. The van der Waals surface area contributed by atoms with Crippen LogP contribution in [0.2, 0.25) is 0 Å². The van der Waals surface area contributed by atoms with Crippen LogP contribution in [0, 0.1) is 0 Å². The Morgan fingerprint density at radius 1 is 0.182 bits per heavy atom. The molecule has 25 rings (SSSR count). The molecule has 0 saturated carbocycles. The largest absolute Gasteiger partial charge is 0.310 e. The van der Waals surface area contributed by atoms with Crippen molar-refractivity contribution in [3.63, 3.8) is 0 Å². The summed E-state index contributed by atoms with van der Waals surface area (Å²) in [6.07, 6.45) is 0. The normalized spacial score (nSPS) is 14.0. The van der Waals surface area contributed by atoms with Crippen LogP contribution in [0.15, 0.2) is 400 Å². The monoisotopic (exact) mass is 1540 g/mol. The predicted octanol–water partition coefficient (Wildman–Crippen LogP) is 27.8. The van der Waals surface area contributed by atoms with Crippen LogP contribution in [0.5, 0.6) is 0 Å². The van der Waals surface area contributed by atoms with Crippen LogP contribution in [-0.2, 0) is 16.2 Å². The maximum absolute atomic E-state index is 5.56. The van der Waals surface area contributed by atoms with Crippen LogP contribution in [0.25, 0.3) is 145 Å². The highest BCUT2D eigenvalue weighted by atomic mass is 15.2. The fraction of sp³-hybridized carbons (Fsp3) is 0.0442. The molecule has 0 saturated heterocycles. The van der Waals surface area contributed by atoms with Gasteiger partial charge in [0.2, 0.25) is 0 Å². The Morgan fingerprint density at radius 2 is 0.504 bits per heavy atom. The summed E-state index contributed by atoms with van der Waals surface area (Å²) in [4.78, 5) is 37.3. The standard InChI is InChI=1S/C113H72N8/c1-111(2)90-42-17-14-36-81(90)84-62-56-74(67-98(84)111)109-116-106(71-31-8-4-9-32-71)115-108(119-109)73-58-64-93-89(66-73)83-38-16-19-44-92(83)112(93)94-45-20-24-49-100(94)121(101-50-25-21-46-95(101)112)77-59-53-69(54-60-77)78-40-28-41-87-80-61-55-72(65-88(80)79-35-12-13-39-86(79)104(78)87)107-114-105(70-29-6-3-7-30-70)117-110(118-107)75-57-63-85-82-37-15-18-43-91(82)113(99(85)68-75)96-47-22-26-51-102(96)120(76-33-10-5-11-34-76)103-52-27-23-48-97(103)113/h3-68H,1-2H3. The number of benzene rings is 18. The molecule has 0 fully saturated rings. The molecule has 4 heterocycles. The first-order chi connectivity index (χ1) is 59.7. The fourth-order valence-electron chi connectivity index (χ4n) is 21.3. The van der Waals surface area contributed by atoms with E-state index in [2.05, 4.69) is 400 Å². The van der Waals surface area contributed by atoms with Gasteiger partial charge in [-0.05, 0) is 205 Å². The van der Waals surface area contributed by atoms with Gasteiger partial charge in [-0.25, -0.2) is 29.9 Å². The van der Waals surface area contributed by atoms with E-state index in [0.717, 1.165) is 100 Å². The molecule has 0 radical (unpaired) electrons. The minimum atomic E-state index is -0.666. The molecule has 2 aromatic heterocycles. The van der Waals surface area contributed by atoms with E-state index in [1.165, 1.54) is 99.6 Å². The van der Waals surface area contributed by atoms with Gasteiger partial charge in [-0.1, -0.05) is 341 Å². The van der Waals surface area contributed by atoms with Gasteiger partial charge in [0.15, 0.2) is 34.9 Å². The lowest BCUT2D eigenvalue weighted by Crippen LogP contribution is -2.36. The fourth-order valence-corrected chi connectivity index (χ4v) is 21.3. The van der Waals surface area contributed by atoms with Crippen LogP contribution in [0.1, 0.15) is 69.5 Å². The number of fused-ring (bicyclic) bond motifs is 27. The van der Waals surface area contributed by atoms with Crippen molar-refractivity contribution in [3.8, 4) is 113 Å². The molecule has 0 N–H and O–H groups in total. The molecular formula is C113H72N8. The summed E-state index contributed by atoms with van der Waals surface area (Å²) in [6.45, 7) is 4.64. The lowest BCUT2D eigenvalue weighted by molar-refractivity contribution is 0.660. The average Bonchev–Trinajstić information content (AvgIpc) is 1.52. The Labute approximate surface area is 700 Å². The smallest absolute Gasteiger partial charge is 0.164 e. The second-order valence-corrected chi connectivity index (χ2v) is 33.0. The van der Waals surface area contributed by atoms with Gasteiger partial charge in [0.25, 0.3) is 0 Å². The summed E-state index contributed by atoms with van der Waals surface area (Å²) in [5.41, 5.74) is 32.7. The first kappa shape index (κ1) is 68.6. The Morgan fingerprint density at radius 3 is 1.03 bits per heavy atom. The van der Waals surface area contributed by atoms with Crippen molar-refractivity contribution in [2.75, 3.05) is 9.80 Å². The summed E-state index contributed by atoms with van der Waals surface area (Å²) in [5, 5.41) is 6.96. The van der Waals surface area contributed by atoms with Gasteiger partial charge in [0.1, 0.15) is 0 Å². The molecule has 2 spiro atoms. The highest BCUT2D eigenvalue weighted by Gasteiger charge is 2.54. The van der Waals surface area contributed by atoms with Crippen LogP contribution < -0.4 is 9.80 Å². The third-order valence-electron chi connectivity index (χ3n) is 26.5.